The van der Waals surface area contributed by atoms with Crippen molar-refractivity contribution in [3.8, 4) is 5.75 Å². The van der Waals surface area contributed by atoms with Gasteiger partial charge in [-0.15, -0.1) is 0 Å². The third-order valence-corrected chi connectivity index (χ3v) is 3.90. The van der Waals surface area contributed by atoms with Crippen LogP contribution in [0.5, 0.6) is 5.75 Å². The summed E-state index contributed by atoms with van der Waals surface area (Å²) < 4.78 is 7.29. The van der Waals surface area contributed by atoms with Crippen molar-refractivity contribution >= 4 is 11.6 Å². The highest BCUT2D eigenvalue weighted by Crippen LogP contribution is 2.28. The summed E-state index contributed by atoms with van der Waals surface area (Å²) in [4.78, 5) is 0. The zero-order chi connectivity index (χ0) is 14.7. The smallest absolute Gasteiger partial charge is 0.122 e. The van der Waals surface area contributed by atoms with Crippen molar-refractivity contribution in [3.63, 3.8) is 0 Å². The lowest BCUT2D eigenvalue weighted by molar-refractivity contribution is 0.406. The lowest BCUT2D eigenvalue weighted by atomic mass is 9.99. The molecule has 0 aliphatic heterocycles. The molecule has 0 spiro atoms. The first-order valence-electron chi connectivity index (χ1n) is 6.55. The van der Waals surface area contributed by atoms with Crippen molar-refractivity contribution in [2.75, 3.05) is 14.2 Å². The number of nitrogens with one attached hydrogen (secondary N) is 1. The van der Waals surface area contributed by atoms with E-state index in [1.807, 2.05) is 43.2 Å². The Labute approximate surface area is 124 Å². The molecule has 4 nitrogen and oxygen atoms in total. The molecular weight excluding hydrogens is 274 g/mol. The first-order valence-corrected chi connectivity index (χ1v) is 6.92. The Morgan fingerprint density at radius 1 is 1.45 bits per heavy atom. The van der Waals surface area contributed by atoms with Crippen molar-refractivity contribution in [3.05, 3.63) is 46.2 Å². The molecule has 0 saturated heterocycles. The monoisotopic (exact) mass is 293 g/mol. The number of nitrogens with zero attached hydrogens (tertiary/aromatic N) is 2. The molecule has 2 aromatic rings. The van der Waals surface area contributed by atoms with Gasteiger partial charge in [-0.2, -0.15) is 5.10 Å². The zero-order valence-corrected chi connectivity index (χ0v) is 13.0. The second kappa shape index (κ2) is 6.29. The Morgan fingerprint density at radius 2 is 2.20 bits per heavy atom. The average molecular weight is 294 g/mol. The summed E-state index contributed by atoms with van der Waals surface area (Å²) in [5.41, 5.74) is 3.44. The number of halogens is 1. The van der Waals surface area contributed by atoms with Gasteiger partial charge in [0.2, 0.25) is 0 Å². The highest BCUT2D eigenvalue weighted by atomic mass is 35.5. The number of aryl methyl sites for hydroxylation is 1. The summed E-state index contributed by atoms with van der Waals surface area (Å²) in [6.07, 6.45) is 2.71. The quantitative estimate of drug-likeness (QED) is 0.921. The van der Waals surface area contributed by atoms with E-state index in [-0.39, 0.29) is 6.04 Å². The van der Waals surface area contributed by atoms with Gasteiger partial charge in [0.05, 0.1) is 13.3 Å². The zero-order valence-electron chi connectivity index (χ0n) is 12.3. The van der Waals surface area contributed by atoms with Crippen LogP contribution in [0.2, 0.25) is 5.02 Å². The molecule has 0 fully saturated rings. The standard InChI is InChI=1S/C15H20ClN3O/c1-10-13(9-18-19(10)3)14(17-2)8-11-7-12(16)5-6-15(11)20-4/h5-7,9,14,17H,8H2,1-4H3. The highest BCUT2D eigenvalue weighted by molar-refractivity contribution is 6.30. The van der Waals surface area contributed by atoms with E-state index in [1.54, 1.807) is 7.11 Å². The van der Waals surface area contributed by atoms with Crippen LogP contribution in [-0.4, -0.2) is 23.9 Å². The highest BCUT2D eigenvalue weighted by Gasteiger charge is 2.17. The molecule has 0 bridgehead atoms. The maximum absolute atomic E-state index is 6.09. The minimum Gasteiger partial charge on any atom is -0.496 e. The van der Waals surface area contributed by atoms with E-state index in [0.717, 1.165) is 28.5 Å². The molecule has 1 atom stereocenters. The number of hydrogen-bond acceptors (Lipinski definition) is 3. The number of aromatic nitrogens is 2. The average Bonchev–Trinajstić information content (AvgIpc) is 2.77. The molecule has 1 aromatic carbocycles. The van der Waals surface area contributed by atoms with Crippen LogP contribution in [0.25, 0.3) is 0 Å². The molecule has 20 heavy (non-hydrogen) atoms. The molecule has 1 unspecified atom stereocenters. The van der Waals surface area contributed by atoms with Gasteiger partial charge in [0, 0.05) is 29.4 Å². The fourth-order valence-corrected chi connectivity index (χ4v) is 2.55. The number of ether oxygens (including phenoxy) is 1. The molecule has 1 N–H and O–H groups in total. The van der Waals surface area contributed by atoms with Crippen LogP contribution in [0.1, 0.15) is 22.9 Å². The van der Waals surface area contributed by atoms with Crippen LogP contribution in [-0.2, 0) is 13.5 Å². The second-order valence-electron chi connectivity index (χ2n) is 4.81. The van der Waals surface area contributed by atoms with Gasteiger partial charge < -0.3 is 10.1 Å². The van der Waals surface area contributed by atoms with Gasteiger partial charge in [0.25, 0.3) is 0 Å². The molecule has 1 aromatic heterocycles. The largest absolute Gasteiger partial charge is 0.496 e. The summed E-state index contributed by atoms with van der Waals surface area (Å²) in [5.74, 6) is 0.858. The molecule has 108 valence electrons. The minimum atomic E-state index is 0.177. The maximum atomic E-state index is 6.09. The maximum Gasteiger partial charge on any atom is 0.122 e. The van der Waals surface area contributed by atoms with E-state index >= 15 is 0 Å². The van der Waals surface area contributed by atoms with Crippen molar-refractivity contribution in [1.29, 1.82) is 0 Å². The summed E-state index contributed by atoms with van der Waals surface area (Å²) in [5, 5.41) is 8.37. The number of rotatable bonds is 5. The molecule has 1 heterocycles. The van der Waals surface area contributed by atoms with Crippen molar-refractivity contribution in [2.45, 2.75) is 19.4 Å². The first kappa shape index (κ1) is 14.9. The van der Waals surface area contributed by atoms with Crippen molar-refractivity contribution in [2.24, 2.45) is 7.05 Å². The van der Waals surface area contributed by atoms with E-state index in [4.69, 9.17) is 16.3 Å². The van der Waals surface area contributed by atoms with Crippen LogP contribution in [0.4, 0.5) is 0 Å². The lowest BCUT2D eigenvalue weighted by Crippen LogP contribution is -2.19. The third-order valence-electron chi connectivity index (χ3n) is 3.66. The van der Waals surface area contributed by atoms with Gasteiger partial charge in [0.1, 0.15) is 5.75 Å². The Balaban J connectivity index is 2.31. The SMILES string of the molecule is CNC(Cc1cc(Cl)ccc1OC)c1cnn(C)c1C. The summed E-state index contributed by atoms with van der Waals surface area (Å²) >= 11 is 6.09. The van der Waals surface area contributed by atoms with Crippen LogP contribution >= 0.6 is 11.6 Å². The van der Waals surface area contributed by atoms with Gasteiger partial charge in [-0.3, -0.25) is 4.68 Å². The molecule has 0 radical (unpaired) electrons. The Hall–Kier alpha value is -1.52. The van der Waals surface area contributed by atoms with E-state index in [0.29, 0.717) is 0 Å². The first-order chi connectivity index (χ1) is 9.56. The lowest BCUT2D eigenvalue weighted by Gasteiger charge is -2.18. The fraction of sp³-hybridized carbons (Fsp3) is 0.400. The Kier molecular flexibility index (Phi) is 4.68. The normalized spacial score (nSPS) is 12.4. The predicted molar refractivity (Wildman–Crippen MR) is 81.5 cm³/mol. The predicted octanol–water partition coefficient (Wildman–Crippen LogP) is 2.89. The van der Waals surface area contributed by atoms with Crippen LogP contribution in [0.3, 0.4) is 0 Å². The van der Waals surface area contributed by atoms with Crippen LogP contribution < -0.4 is 10.1 Å². The number of benzene rings is 1. The molecule has 5 heteroatoms. The van der Waals surface area contributed by atoms with Crippen LogP contribution in [0.15, 0.2) is 24.4 Å². The minimum absolute atomic E-state index is 0.177. The van der Waals surface area contributed by atoms with Crippen molar-refractivity contribution in [1.82, 2.24) is 15.1 Å². The van der Waals surface area contributed by atoms with E-state index in [9.17, 15) is 0 Å². The molecule has 0 aliphatic carbocycles. The van der Waals surface area contributed by atoms with Gasteiger partial charge in [-0.05, 0) is 44.2 Å². The van der Waals surface area contributed by atoms with Gasteiger partial charge >= 0.3 is 0 Å². The number of hydrogen-bond donors (Lipinski definition) is 1. The number of methoxy groups -OCH3 is 1. The second-order valence-corrected chi connectivity index (χ2v) is 5.25. The third kappa shape index (κ3) is 2.97. The van der Waals surface area contributed by atoms with Gasteiger partial charge in [0.15, 0.2) is 0 Å². The van der Waals surface area contributed by atoms with Gasteiger partial charge in [-0.1, -0.05) is 11.6 Å². The molecule has 0 aliphatic rings. The van der Waals surface area contributed by atoms with E-state index in [1.165, 1.54) is 5.56 Å². The Morgan fingerprint density at radius 3 is 2.75 bits per heavy atom. The van der Waals surface area contributed by atoms with Crippen LogP contribution in [0, 0.1) is 6.92 Å². The topological polar surface area (TPSA) is 39.1 Å². The fourth-order valence-electron chi connectivity index (χ4n) is 2.35. The molecule has 2 rings (SSSR count). The summed E-state index contributed by atoms with van der Waals surface area (Å²) in [7, 11) is 5.58. The van der Waals surface area contributed by atoms with E-state index in [2.05, 4.69) is 17.3 Å². The van der Waals surface area contributed by atoms with Gasteiger partial charge in [-0.25, -0.2) is 0 Å². The molecule has 0 saturated carbocycles. The number of likely N-dealkylation sites (N-methyl/N-ethyl adjacent to an activating group) is 1. The molecular formula is C15H20ClN3O. The van der Waals surface area contributed by atoms with Crippen molar-refractivity contribution < 1.29 is 4.74 Å². The van der Waals surface area contributed by atoms with E-state index < -0.39 is 0 Å². The summed E-state index contributed by atoms with van der Waals surface area (Å²) in [6, 6.07) is 5.88. The summed E-state index contributed by atoms with van der Waals surface area (Å²) in [6.45, 7) is 2.07. The molecule has 0 amide bonds. The Bertz CT molecular complexity index is 595.